The number of aromatic nitrogens is 2. The van der Waals surface area contributed by atoms with Crippen LogP contribution in [0.1, 0.15) is 39.9 Å². The van der Waals surface area contributed by atoms with E-state index in [0.717, 1.165) is 32.6 Å². The van der Waals surface area contributed by atoms with Gasteiger partial charge in [-0.15, -0.1) is 4.74 Å². The minimum Gasteiger partial charge on any atom is -0.489 e. The summed E-state index contributed by atoms with van der Waals surface area (Å²) in [5, 5.41) is 11.6. The second kappa shape index (κ2) is 13.4. The zero-order chi connectivity index (χ0) is 30.3. The average molecular weight is 587 g/mol. The number of ether oxygens (including phenoxy) is 1. The summed E-state index contributed by atoms with van der Waals surface area (Å²) in [6, 6.07) is 21.0. The molecule has 0 aliphatic carbocycles. The van der Waals surface area contributed by atoms with Gasteiger partial charge in [-0.05, 0) is 77.9 Å². The number of hydrogen-bond acceptors (Lipinski definition) is 7. The van der Waals surface area contributed by atoms with Gasteiger partial charge in [0.15, 0.2) is 0 Å². The van der Waals surface area contributed by atoms with Crippen molar-refractivity contribution in [3.63, 3.8) is 0 Å². The van der Waals surface area contributed by atoms with E-state index in [1.165, 1.54) is 0 Å². The Morgan fingerprint density at radius 3 is 2.47 bits per heavy atom. The fourth-order valence-corrected chi connectivity index (χ4v) is 5.24. The number of aromatic amines is 1. The van der Waals surface area contributed by atoms with Gasteiger partial charge in [-0.3, -0.25) is 9.59 Å². The fourth-order valence-electron chi connectivity index (χ4n) is 5.24. The summed E-state index contributed by atoms with van der Waals surface area (Å²) in [6.45, 7) is 3.67. The first-order chi connectivity index (χ1) is 20.8. The van der Waals surface area contributed by atoms with Crippen LogP contribution in [0.25, 0.3) is 11.1 Å². The van der Waals surface area contributed by atoms with Gasteiger partial charge in [0.1, 0.15) is 12.4 Å². The Hall–Kier alpha value is -4.90. The van der Waals surface area contributed by atoms with Crippen LogP contribution in [0.5, 0.6) is 5.75 Å². The van der Waals surface area contributed by atoms with Crippen LogP contribution in [0.15, 0.2) is 80.8 Å². The van der Waals surface area contributed by atoms with Crippen molar-refractivity contribution in [3.05, 3.63) is 110 Å². The average Bonchev–Trinajstić information content (AvgIpc) is 3.34. The van der Waals surface area contributed by atoms with Gasteiger partial charge in [0, 0.05) is 31.1 Å². The van der Waals surface area contributed by atoms with Crippen LogP contribution in [0.3, 0.4) is 0 Å². The number of likely N-dealkylation sites (tertiary alicyclic amines) is 1. The minimum absolute atomic E-state index is 0.0400. The van der Waals surface area contributed by atoms with Gasteiger partial charge in [-0.2, -0.15) is 0 Å². The molecular weight excluding hydrogens is 552 g/mol. The van der Waals surface area contributed by atoms with E-state index in [9.17, 15) is 19.2 Å². The number of benzene rings is 3. The maximum atomic E-state index is 13.2. The van der Waals surface area contributed by atoms with Crippen molar-refractivity contribution in [1.82, 2.24) is 19.9 Å². The Balaban J connectivity index is 1.18. The lowest BCUT2D eigenvalue weighted by Gasteiger charge is -2.31. The standard InChI is InChI=1S/C32H34N4O7/c1-21-17-26(30(39)35-14-11-24(12-15-35)29(38)33-13-16-37)7-10-28(21)25-4-2-3-23(18-25)20-42-27-8-5-22(6-9-27)19-36-31(40)34-32(41)43-36/h2-10,17-18,24,37H,11-16,19-20H2,1H3,(H,33,38)(H,34,40,41). The zero-order valence-electron chi connectivity index (χ0n) is 23.9. The van der Waals surface area contributed by atoms with Crippen molar-refractivity contribution in [2.75, 3.05) is 26.2 Å². The highest BCUT2D eigenvalue weighted by Crippen LogP contribution is 2.27. The monoisotopic (exact) mass is 586 g/mol. The van der Waals surface area contributed by atoms with E-state index in [-0.39, 0.29) is 37.4 Å². The number of aliphatic hydroxyl groups is 1. The topological polar surface area (TPSA) is 147 Å². The lowest BCUT2D eigenvalue weighted by molar-refractivity contribution is -0.126. The molecule has 5 rings (SSSR count). The third-order valence-corrected chi connectivity index (χ3v) is 7.56. The van der Waals surface area contributed by atoms with E-state index < -0.39 is 11.4 Å². The molecular formula is C32H34N4O7. The van der Waals surface area contributed by atoms with E-state index >= 15 is 0 Å². The molecule has 0 bridgehead atoms. The van der Waals surface area contributed by atoms with Gasteiger partial charge in [-0.1, -0.05) is 36.4 Å². The van der Waals surface area contributed by atoms with Gasteiger partial charge >= 0.3 is 11.4 Å². The van der Waals surface area contributed by atoms with Crippen LogP contribution in [0.2, 0.25) is 0 Å². The van der Waals surface area contributed by atoms with Crippen molar-refractivity contribution in [2.24, 2.45) is 5.92 Å². The normalized spacial score (nSPS) is 13.6. The van der Waals surface area contributed by atoms with E-state index in [1.807, 2.05) is 43.3 Å². The summed E-state index contributed by atoms with van der Waals surface area (Å²) in [5.41, 5.74) is 4.80. The van der Waals surface area contributed by atoms with Crippen LogP contribution < -0.4 is 21.5 Å². The molecule has 0 radical (unpaired) electrons. The van der Waals surface area contributed by atoms with Gasteiger partial charge in [0.2, 0.25) is 5.91 Å². The number of aliphatic hydroxyl groups excluding tert-OH is 1. The maximum absolute atomic E-state index is 13.2. The predicted molar refractivity (Wildman–Crippen MR) is 159 cm³/mol. The summed E-state index contributed by atoms with van der Waals surface area (Å²) in [6.07, 6.45) is 1.21. The van der Waals surface area contributed by atoms with Gasteiger partial charge in [-0.25, -0.2) is 14.6 Å². The Morgan fingerprint density at radius 2 is 1.79 bits per heavy atom. The Kier molecular flexibility index (Phi) is 9.21. The molecule has 3 N–H and O–H groups in total. The molecule has 1 fully saturated rings. The smallest absolute Gasteiger partial charge is 0.440 e. The Labute approximate surface area is 247 Å². The van der Waals surface area contributed by atoms with Crippen molar-refractivity contribution in [3.8, 4) is 16.9 Å². The van der Waals surface area contributed by atoms with E-state index in [1.54, 1.807) is 29.2 Å². The molecule has 0 saturated carbocycles. The second-order valence-electron chi connectivity index (χ2n) is 10.6. The first kappa shape index (κ1) is 29.6. The molecule has 0 spiro atoms. The number of hydrogen-bond donors (Lipinski definition) is 3. The molecule has 1 saturated heterocycles. The first-order valence-corrected chi connectivity index (χ1v) is 14.2. The number of aryl methyl sites for hydroxylation is 1. The fraction of sp³-hybridized carbons (Fsp3) is 0.312. The molecule has 1 aromatic heterocycles. The van der Waals surface area contributed by atoms with E-state index in [0.29, 0.717) is 43.9 Å². The lowest BCUT2D eigenvalue weighted by Crippen LogP contribution is -2.43. The van der Waals surface area contributed by atoms with Crippen LogP contribution in [0, 0.1) is 12.8 Å². The highest BCUT2D eigenvalue weighted by atomic mass is 16.5. The summed E-state index contributed by atoms with van der Waals surface area (Å²) in [5.74, 6) is -0.371. The molecule has 0 atom stereocenters. The number of carbonyl (C=O) groups is 2. The van der Waals surface area contributed by atoms with Crippen LogP contribution in [-0.4, -0.2) is 57.8 Å². The third-order valence-electron chi connectivity index (χ3n) is 7.56. The quantitative estimate of drug-likeness (QED) is 0.259. The first-order valence-electron chi connectivity index (χ1n) is 14.2. The molecule has 2 heterocycles. The number of rotatable bonds is 10. The molecule has 11 heteroatoms. The number of carbonyl (C=O) groups excluding carboxylic acids is 2. The molecule has 2 amide bonds. The summed E-state index contributed by atoms with van der Waals surface area (Å²) in [7, 11) is 0. The summed E-state index contributed by atoms with van der Waals surface area (Å²) >= 11 is 0. The number of amides is 2. The highest BCUT2D eigenvalue weighted by molar-refractivity contribution is 5.95. The van der Waals surface area contributed by atoms with Crippen molar-refractivity contribution >= 4 is 11.8 Å². The molecule has 43 heavy (non-hydrogen) atoms. The highest BCUT2D eigenvalue weighted by Gasteiger charge is 2.27. The Bertz CT molecular complexity index is 1700. The molecule has 1 aliphatic rings. The molecule has 0 unspecified atom stereocenters. The van der Waals surface area contributed by atoms with Crippen molar-refractivity contribution in [1.29, 1.82) is 0 Å². The van der Waals surface area contributed by atoms with Gasteiger partial charge in [0.25, 0.3) is 5.91 Å². The molecule has 4 aromatic rings. The lowest BCUT2D eigenvalue weighted by atomic mass is 9.94. The number of H-pyrrole nitrogens is 1. The second-order valence-corrected chi connectivity index (χ2v) is 10.6. The van der Waals surface area contributed by atoms with Gasteiger partial charge in [0.05, 0.1) is 13.2 Å². The molecule has 3 aromatic carbocycles. The summed E-state index contributed by atoms with van der Waals surface area (Å²) in [4.78, 5) is 52.0. The van der Waals surface area contributed by atoms with Crippen molar-refractivity contribution in [2.45, 2.75) is 32.9 Å². The summed E-state index contributed by atoms with van der Waals surface area (Å²) < 4.78 is 11.7. The molecule has 224 valence electrons. The largest absolute Gasteiger partial charge is 0.489 e. The number of piperidine rings is 1. The molecule has 1 aliphatic heterocycles. The minimum atomic E-state index is -0.790. The maximum Gasteiger partial charge on any atom is 0.440 e. The van der Waals surface area contributed by atoms with E-state index in [2.05, 4.69) is 16.4 Å². The van der Waals surface area contributed by atoms with Crippen molar-refractivity contribution < 1.29 is 24.0 Å². The predicted octanol–water partition coefficient (Wildman–Crippen LogP) is 2.69. The van der Waals surface area contributed by atoms with Crippen LogP contribution >= 0.6 is 0 Å². The third kappa shape index (κ3) is 7.31. The van der Waals surface area contributed by atoms with E-state index in [4.69, 9.17) is 14.4 Å². The number of nitrogens with zero attached hydrogens (tertiary/aromatic N) is 2. The van der Waals surface area contributed by atoms with Crippen LogP contribution in [0.4, 0.5) is 0 Å². The molecule has 11 nitrogen and oxygen atoms in total. The number of nitrogens with one attached hydrogen (secondary N) is 2. The zero-order valence-corrected chi connectivity index (χ0v) is 23.9. The Morgan fingerprint density at radius 1 is 1.02 bits per heavy atom. The SMILES string of the molecule is Cc1cc(C(=O)N2CCC(C(=O)NCCO)CC2)ccc1-c1cccc(COc2ccc(Cn3oc(=O)[nH]c3=O)cc2)c1. The van der Waals surface area contributed by atoms with Gasteiger partial charge < -0.3 is 24.6 Å². The van der Waals surface area contributed by atoms with Crippen LogP contribution in [-0.2, 0) is 17.9 Å².